The summed E-state index contributed by atoms with van der Waals surface area (Å²) < 4.78 is 19.4. The number of amides is 2. The predicted molar refractivity (Wildman–Crippen MR) is 85.9 cm³/mol. The van der Waals surface area contributed by atoms with Crippen LogP contribution in [0.1, 0.15) is 6.92 Å². The summed E-state index contributed by atoms with van der Waals surface area (Å²) in [6.45, 7) is 1.62. The number of benzene rings is 1. The number of carbonyl (C=O) groups is 2. The van der Waals surface area contributed by atoms with Gasteiger partial charge in [-0.2, -0.15) is 0 Å². The lowest BCUT2D eigenvalue weighted by molar-refractivity contribution is -0.119. The zero-order valence-electron chi connectivity index (χ0n) is 13.2. The van der Waals surface area contributed by atoms with Gasteiger partial charge in [0.05, 0.1) is 37.4 Å². The van der Waals surface area contributed by atoms with E-state index in [4.69, 9.17) is 15.3 Å². The van der Waals surface area contributed by atoms with Crippen LogP contribution in [0.5, 0.6) is 0 Å². The van der Waals surface area contributed by atoms with E-state index in [1.54, 1.807) is 0 Å². The topological polar surface area (TPSA) is 106 Å². The number of cyclic esters (lactones) is 1. The Morgan fingerprint density at radius 2 is 2.38 bits per heavy atom. The quantitative estimate of drug-likeness (QED) is 0.501. The van der Waals surface area contributed by atoms with Gasteiger partial charge in [-0.05, 0) is 18.2 Å². The van der Waals surface area contributed by atoms with Gasteiger partial charge >= 0.3 is 6.09 Å². The molecule has 0 aromatic heterocycles. The molecule has 24 heavy (non-hydrogen) atoms. The van der Waals surface area contributed by atoms with Crippen molar-refractivity contribution >= 4 is 29.7 Å². The molecule has 8 nitrogen and oxygen atoms in total. The Bertz CT molecular complexity index is 640. The second kappa shape index (κ2) is 7.73. The molecule has 1 aromatic rings. The van der Waals surface area contributed by atoms with Gasteiger partial charge in [0, 0.05) is 13.5 Å². The number of anilines is 2. The van der Waals surface area contributed by atoms with Gasteiger partial charge in [0.15, 0.2) is 0 Å². The van der Waals surface area contributed by atoms with E-state index in [-0.39, 0.29) is 37.8 Å². The molecule has 1 saturated heterocycles. The first-order chi connectivity index (χ1) is 11.5. The third-order valence-electron chi connectivity index (χ3n) is 3.50. The number of rotatable bonds is 7. The predicted octanol–water partition coefficient (Wildman–Crippen LogP) is 0.693. The first-order valence-corrected chi connectivity index (χ1v) is 7.36. The third kappa shape index (κ3) is 3.99. The highest BCUT2D eigenvalue weighted by Crippen LogP contribution is 2.27. The van der Waals surface area contributed by atoms with Crippen molar-refractivity contribution < 1.29 is 23.8 Å². The Balaban J connectivity index is 2.12. The summed E-state index contributed by atoms with van der Waals surface area (Å²) in [5, 5.41) is 18.8. The van der Waals surface area contributed by atoms with Crippen molar-refractivity contribution in [2.24, 2.45) is 0 Å². The summed E-state index contributed by atoms with van der Waals surface area (Å²) in [6, 6.07) is 4.14. The molecule has 0 spiro atoms. The molecule has 3 N–H and O–H groups in total. The first-order valence-electron chi connectivity index (χ1n) is 7.36. The van der Waals surface area contributed by atoms with E-state index in [0.717, 1.165) is 6.34 Å². The molecule has 0 radical (unpaired) electrons. The SMILES string of the molecule is CC(=O)NCC1CN(c2ccc(N(C=N)CCO)c(F)c2)C(=O)O1. The van der Waals surface area contributed by atoms with Gasteiger partial charge in [-0.15, -0.1) is 0 Å². The highest BCUT2D eigenvalue weighted by molar-refractivity contribution is 5.90. The molecular weight excluding hydrogens is 319 g/mol. The number of hydrogen-bond donors (Lipinski definition) is 3. The molecule has 0 bridgehead atoms. The number of aliphatic hydroxyl groups is 1. The summed E-state index contributed by atoms with van der Waals surface area (Å²) in [4.78, 5) is 25.3. The zero-order chi connectivity index (χ0) is 17.7. The maximum absolute atomic E-state index is 14.3. The monoisotopic (exact) mass is 338 g/mol. The van der Waals surface area contributed by atoms with Gasteiger partial charge in [-0.3, -0.25) is 15.1 Å². The molecule has 9 heteroatoms. The maximum Gasteiger partial charge on any atom is 0.414 e. The van der Waals surface area contributed by atoms with Crippen LogP contribution in [-0.4, -0.2) is 55.8 Å². The Labute approximate surface area is 138 Å². The van der Waals surface area contributed by atoms with Gasteiger partial charge in [0.25, 0.3) is 0 Å². The van der Waals surface area contributed by atoms with Crippen molar-refractivity contribution in [3.8, 4) is 0 Å². The molecule has 1 aliphatic rings. The van der Waals surface area contributed by atoms with Crippen molar-refractivity contribution in [3.63, 3.8) is 0 Å². The van der Waals surface area contributed by atoms with E-state index in [2.05, 4.69) is 5.32 Å². The summed E-state index contributed by atoms with van der Waals surface area (Å²) in [7, 11) is 0. The number of aliphatic hydroxyl groups excluding tert-OH is 1. The van der Waals surface area contributed by atoms with Gasteiger partial charge < -0.3 is 20.1 Å². The fourth-order valence-electron chi connectivity index (χ4n) is 2.36. The lowest BCUT2D eigenvalue weighted by Gasteiger charge is -2.20. The smallest absolute Gasteiger partial charge is 0.414 e. The van der Waals surface area contributed by atoms with Crippen LogP contribution in [0.2, 0.25) is 0 Å². The number of carbonyl (C=O) groups excluding carboxylic acids is 2. The number of hydrogen-bond acceptors (Lipinski definition) is 5. The van der Waals surface area contributed by atoms with E-state index in [1.165, 1.54) is 34.9 Å². The number of ether oxygens (including phenoxy) is 1. The molecular formula is C15H19FN4O4. The second-order valence-corrected chi connectivity index (χ2v) is 5.24. The highest BCUT2D eigenvalue weighted by Gasteiger charge is 2.32. The molecule has 1 fully saturated rings. The lowest BCUT2D eigenvalue weighted by atomic mass is 10.2. The van der Waals surface area contributed by atoms with Crippen LogP contribution in [0.15, 0.2) is 18.2 Å². The summed E-state index contributed by atoms with van der Waals surface area (Å²) in [5.41, 5.74) is 0.450. The van der Waals surface area contributed by atoms with Gasteiger partial charge in [-0.25, -0.2) is 9.18 Å². The molecule has 2 rings (SSSR count). The molecule has 0 saturated carbocycles. The van der Waals surface area contributed by atoms with Crippen LogP contribution in [-0.2, 0) is 9.53 Å². The Kier molecular flexibility index (Phi) is 5.69. The molecule has 1 heterocycles. The van der Waals surface area contributed by atoms with Crippen molar-refractivity contribution in [1.29, 1.82) is 5.41 Å². The molecule has 1 aromatic carbocycles. The Morgan fingerprint density at radius 3 is 2.96 bits per heavy atom. The lowest BCUT2D eigenvalue weighted by Crippen LogP contribution is -2.33. The van der Waals surface area contributed by atoms with E-state index in [1.807, 2.05) is 0 Å². The average Bonchev–Trinajstić information content (AvgIpc) is 2.92. The van der Waals surface area contributed by atoms with Crippen molar-refractivity contribution in [1.82, 2.24) is 5.32 Å². The van der Waals surface area contributed by atoms with E-state index >= 15 is 0 Å². The normalized spacial score (nSPS) is 16.7. The average molecular weight is 338 g/mol. The number of nitrogens with one attached hydrogen (secondary N) is 2. The summed E-state index contributed by atoms with van der Waals surface area (Å²) >= 11 is 0. The molecule has 0 aliphatic carbocycles. The first kappa shape index (κ1) is 17.7. The molecule has 2 amide bonds. The van der Waals surface area contributed by atoms with Gasteiger partial charge in [0.2, 0.25) is 5.91 Å². The van der Waals surface area contributed by atoms with Gasteiger partial charge in [-0.1, -0.05) is 0 Å². The van der Waals surface area contributed by atoms with Crippen molar-refractivity contribution in [2.75, 3.05) is 36.0 Å². The van der Waals surface area contributed by atoms with Crippen LogP contribution < -0.4 is 15.1 Å². The third-order valence-corrected chi connectivity index (χ3v) is 3.50. The molecule has 130 valence electrons. The number of nitrogens with zero attached hydrogens (tertiary/aromatic N) is 2. The van der Waals surface area contributed by atoms with Gasteiger partial charge in [0.1, 0.15) is 11.9 Å². The van der Waals surface area contributed by atoms with Crippen LogP contribution in [0.25, 0.3) is 0 Å². The highest BCUT2D eigenvalue weighted by atomic mass is 19.1. The molecule has 1 unspecified atom stereocenters. The molecule has 1 aliphatic heterocycles. The summed E-state index contributed by atoms with van der Waals surface area (Å²) in [5.74, 6) is -0.849. The van der Waals surface area contributed by atoms with Crippen LogP contribution in [0, 0.1) is 11.2 Å². The fourth-order valence-corrected chi connectivity index (χ4v) is 2.36. The standard InChI is InChI=1S/C15H19FN4O4/c1-10(22)18-7-12-8-20(15(23)24-12)11-2-3-14(13(16)6-11)19(9-17)4-5-21/h2-3,6,9,12,17,21H,4-5,7-8H2,1H3,(H,18,22). The van der Waals surface area contributed by atoms with E-state index in [0.29, 0.717) is 5.69 Å². The van der Waals surface area contributed by atoms with Crippen LogP contribution in [0.4, 0.5) is 20.6 Å². The van der Waals surface area contributed by atoms with Crippen molar-refractivity contribution in [3.05, 3.63) is 24.0 Å². The van der Waals surface area contributed by atoms with E-state index < -0.39 is 18.0 Å². The minimum atomic E-state index is -0.623. The maximum atomic E-state index is 14.3. The largest absolute Gasteiger partial charge is 0.442 e. The Morgan fingerprint density at radius 1 is 1.62 bits per heavy atom. The summed E-state index contributed by atoms with van der Waals surface area (Å²) in [6.07, 6.45) is -0.199. The second-order valence-electron chi connectivity index (χ2n) is 5.24. The van der Waals surface area contributed by atoms with Crippen molar-refractivity contribution in [2.45, 2.75) is 13.0 Å². The minimum Gasteiger partial charge on any atom is -0.442 e. The number of halogens is 1. The zero-order valence-corrected chi connectivity index (χ0v) is 13.2. The van der Waals surface area contributed by atoms with Crippen LogP contribution >= 0.6 is 0 Å². The molecule has 1 atom stereocenters. The Hall–Kier alpha value is -2.68. The van der Waals surface area contributed by atoms with Crippen LogP contribution in [0.3, 0.4) is 0 Å². The fraction of sp³-hybridized carbons (Fsp3) is 0.400. The van der Waals surface area contributed by atoms with E-state index in [9.17, 15) is 14.0 Å². The minimum absolute atomic E-state index is 0.0876.